The minimum Gasteiger partial charge on any atom is -0.484 e. The summed E-state index contributed by atoms with van der Waals surface area (Å²) in [5.74, 6) is 0.285. The SMILES string of the molecule is O=C(COc1ccccc1)NCC(=O)N1CC[NH+](Cc2ccncc2)CC1. The van der Waals surface area contributed by atoms with Gasteiger partial charge in [-0.25, -0.2) is 0 Å². The van der Waals surface area contributed by atoms with Gasteiger partial charge in [0.15, 0.2) is 6.61 Å². The van der Waals surface area contributed by atoms with Crippen molar-refractivity contribution in [1.29, 1.82) is 0 Å². The van der Waals surface area contributed by atoms with E-state index in [-0.39, 0.29) is 25.0 Å². The molecule has 0 unspecified atom stereocenters. The fourth-order valence-corrected chi connectivity index (χ4v) is 3.04. The van der Waals surface area contributed by atoms with Gasteiger partial charge in [0.1, 0.15) is 12.3 Å². The third kappa shape index (κ3) is 6.07. The van der Waals surface area contributed by atoms with Gasteiger partial charge in [-0.15, -0.1) is 0 Å². The van der Waals surface area contributed by atoms with E-state index in [1.165, 1.54) is 10.5 Å². The lowest BCUT2D eigenvalue weighted by molar-refractivity contribution is -0.917. The molecule has 1 fully saturated rings. The number of amides is 2. The molecule has 2 heterocycles. The zero-order chi connectivity index (χ0) is 18.9. The van der Waals surface area contributed by atoms with Crippen molar-refractivity contribution in [3.05, 3.63) is 60.4 Å². The van der Waals surface area contributed by atoms with E-state index in [1.54, 1.807) is 24.5 Å². The van der Waals surface area contributed by atoms with Crippen LogP contribution in [0.5, 0.6) is 5.75 Å². The summed E-state index contributed by atoms with van der Waals surface area (Å²) < 4.78 is 5.37. The van der Waals surface area contributed by atoms with Crippen molar-refractivity contribution < 1.29 is 19.2 Å². The lowest BCUT2D eigenvalue weighted by Crippen LogP contribution is -3.13. The molecule has 2 amide bonds. The monoisotopic (exact) mass is 369 g/mol. The second kappa shape index (κ2) is 9.68. The Hall–Kier alpha value is -2.93. The molecule has 142 valence electrons. The predicted octanol–water partition coefficient (Wildman–Crippen LogP) is -0.496. The molecule has 7 nitrogen and oxygen atoms in total. The van der Waals surface area contributed by atoms with Gasteiger partial charge < -0.3 is 19.9 Å². The molecule has 1 aliphatic rings. The molecule has 2 aromatic rings. The summed E-state index contributed by atoms with van der Waals surface area (Å²) >= 11 is 0. The number of carbonyl (C=O) groups excluding carboxylic acids is 2. The third-order valence-corrected chi connectivity index (χ3v) is 4.58. The maximum Gasteiger partial charge on any atom is 0.258 e. The van der Waals surface area contributed by atoms with Gasteiger partial charge in [0, 0.05) is 18.0 Å². The molecule has 1 aliphatic heterocycles. The average Bonchev–Trinajstić information content (AvgIpc) is 2.72. The highest BCUT2D eigenvalue weighted by atomic mass is 16.5. The van der Waals surface area contributed by atoms with E-state index in [2.05, 4.69) is 10.3 Å². The lowest BCUT2D eigenvalue weighted by Gasteiger charge is -2.32. The molecule has 1 aromatic heterocycles. The molecule has 0 spiro atoms. The first-order valence-electron chi connectivity index (χ1n) is 9.15. The van der Waals surface area contributed by atoms with Crippen LogP contribution in [0.4, 0.5) is 0 Å². The fourth-order valence-electron chi connectivity index (χ4n) is 3.04. The Morgan fingerprint density at radius 2 is 1.78 bits per heavy atom. The van der Waals surface area contributed by atoms with Crippen molar-refractivity contribution in [2.24, 2.45) is 0 Å². The predicted molar refractivity (Wildman–Crippen MR) is 100 cm³/mol. The van der Waals surface area contributed by atoms with Crippen molar-refractivity contribution in [3.8, 4) is 5.75 Å². The molecule has 1 aromatic carbocycles. The van der Waals surface area contributed by atoms with Gasteiger partial charge in [0.05, 0.1) is 32.7 Å². The Labute approximate surface area is 158 Å². The number of quaternary nitrogens is 1. The molecular weight excluding hydrogens is 344 g/mol. The number of ether oxygens (including phenoxy) is 1. The summed E-state index contributed by atoms with van der Waals surface area (Å²) in [6, 6.07) is 13.2. The molecule has 7 heteroatoms. The van der Waals surface area contributed by atoms with Gasteiger partial charge in [0.2, 0.25) is 5.91 Å². The maximum atomic E-state index is 12.3. The number of hydrogen-bond acceptors (Lipinski definition) is 4. The van der Waals surface area contributed by atoms with Gasteiger partial charge in [-0.3, -0.25) is 14.6 Å². The molecule has 1 saturated heterocycles. The molecule has 3 rings (SSSR count). The van der Waals surface area contributed by atoms with Crippen molar-refractivity contribution in [2.45, 2.75) is 6.54 Å². The van der Waals surface area contributed by atoms with E-state index in [0.29, 0.717) is 18.8 Å². The lowest BCUT2D eigenvalue weighted by atomic mass is 10.2. The van der Waals surface area contributed by atoms with Crippen LogP contribution in [0.2, 0.25) is 0 Å². The van der Waals surface area contributed by atoms with Crippen molar-refractivity contribution in [1.82, 2.24) is 15.2 Å². The summed E-state index contributed by atoms with van der Waals surface area (Å²) in [5.41, 5.74) is 1.26. The second-order valence-corrected chi connectivity index (χ2v) is 6.54. The van der Waals surface area contributed by atoms with Crippen LogP contribution in [-0.4, -0.2) is 61.0 Å². The van der Waals surface area contributed by atoms with Crippen LogP contribution < -0.4 is 15.0 Å². The van der Waals surface area contributed by atoms with Crippen LogP contribution >= 0.6 is 0 Å². The fraction of sp³-hybridized carbons (Fsp3) is 0.350. The van der Waals surface area contributed by atoms with E-state index >= 15 is 0 Å². The normalized spacial score (nSPS) is 14.6. The number of nitrogens with one attached hydrogen (secondary N) is 2. The number of hydrogen-bond donors (Lipinski definition) is 2. The number of pyridine rings is 1. The number of rotatable bonds is 7. The molecule has 27 heavy (non-hydrogen) atoms. The van der Waals surface area contributed by atoms with Crippen LogP contribution in [0.1, 0.15) is 5.56 Å². The number of carbonyl (C=O) groups is 2. The van der Waals surface area contributed by atoms with Crippen LogP contribution in [0.15, 0.2) is 54.9 Å². The highest BCUT2D eigenvalue weighted by molar-refractivity contribution is 5.85. The molecule has 0 saturated carbocycles. The first kappa shape index (κ1) is 18.8. The topological polar surface area (TPSA) is 76.0 Å². The maximum absolute atomic E-state index is 12.3. The van der Waals surface area contributed by atoms with E-state index < -0.39 is 0 Å². The smallest absolute Gasteiger partial charge is 0.258 e. The van der Waals surface area contributed by atoms with Gasteiger partial charge in [-0.1, -0.05) is 18.2 Å². The van der Waals surface area contributed by atoms with Crippen molar-refractivity contribution in [2.75, 3.05) is 39.3 Å². The highest BCUT2D eigenvalue weighted by Gasteiger charge is 2.23. The minimum absolute atomic E-state index is 0.0106. The zero-order valence-electron chi connectivity index (χ0n) is 15.3. The van der Waals surface area contributed by atoms with E-state index in [9.17, 15) is 9.59 Å². The number of piperazine rings is 1. The molecule has 0 atom stereocenters. The molecule has 0 radical (unpaired) electrons. The summed E-state index contributed by atoms with van der Waals surface area (Å²) in [6.45, 7) is 4.07. The second-order valence-electron chi connectivity index (χ2n) is 6.54. The Kier molecular flexibility index (Phi) is 6.76. The summed E-state index contributed by atoms with van der Waals surface area (Å²) in [5, 5.41) is 2.63. The summed E-state index contributed by atoms with van der Waals surface area (Å²) in [6.07, 6.45) is 3.61. The summed E-state index contributed by atoms with van der Waals surface area (Å²) in [4.78, 5) is 31.4. The van der Waals surface area contributed by atoms with Crippen LogP contribution in [0.25, 0.3) is 0 Å². The largest absolute Gasteiger partial charge is 0.484 e. The minimum atomic E-state index is -0.297. The quantitative estimate of drug-likeness (QED) is 0.690. The highest BCUT2D eigenvalue weighted by Crippen LogP contribution is 2.07. The molecular formula is C20H25N4O3+. The van der Waals surface area contributed by atoms with E-state index in [1.807, 2.05) is 35.2 Å². The van der Waals surface area contributed by atoms with E-state index in [0.717, 1.165) is 19.6 Å². The van der Waals surface area contributed by atoms with Gasteiger partial charge in [-0.2, -0.15) is 0 Å². The Morgan fingerprint density at radius 1 is 1.07 bits per heavy atom. The Bertz CT molecular complexity index is 731. The number of nitrogens with zero attached hydrogens (tertiary/aromatic N) is 2. The number of benzene rings is 1. The molecule has 0 bridgehead atoms. The van der Waals surface area contributed by atoms with Crippen LogP contribution in [-0.2, 0) is 16.1 Å². The van der Waals surface area contributed by atoms with Gasteiger partial charge in [-0.05, 0) is 24.3 Å². The van der Waals surface area contributed by atoms with Crippen LogP contribution in [0, 0.1) is 0 Å². The standard InChI is InChI=1S/C20H24N4O3/c25-19(16-27-18-4-2-1-3-5-18)22-14-20(26)24-12-10-23(11-13-24)15-17-6-8-21-9-7-17/h1-9H,10-16H2,(H,22,25)/p+1. The van der Waals surface area contributed by atoms with Crippen LogP contribution in [0.3, 0.4) is 0 Å². The van der Waals surface area contributed by atoms with Gasteiger partial charge in [0.25, 0.3) is 5.91 Å². The first-order chi connectivity index (χ1) is 13.2. The molecule has 0 aliphatic carbocycles. The average molecular weight is 369 g/mol. The summed E-state index contributed by atoms with van der Waals surface area (Å²) in [7, 11) is 0. The Morgan fingerprint density at radius 3 is 2.48 bits per heavy atom. The Balaban J connectivity index is 1.34. The third-order valence-electron chi connectivity index (χ3n) is 4.58. The number of para-hydroxylation sites is 1. The zero-order valence-corrected chi connectivity index (χ0v) is 15.3. The number of aromatic nitrogens is 1. The first-order valence-corrected chi connectivity index (χ1v) is 9.15. The van der Waals surface area contributed by atoms with Crippen molar-refractivity contribution >= 4 is 11.8 Å². The molecule has 2 N–H and O–H groups in total. The van der Waals surface area contributed by atoms with Gasteiger partial charge >= 0.3 is 0 Å². The van der Waals surface area contributed by atoms with E-state index in [4.69, 9.17) is 4.74 Å². The van der Waals surface area contributed by atoms with Crippen molar-refractivity contribution in [3.63, 3.8) is 0 Å².